The topological polar surface area (TPSA) is 32.7 Å². The van der Waals surface area contributed by atoms with E-state index in [1.165, 1.54) is 51.6 Å². The van der Waals surface area contributed by atoms with Gasteiger partial charge >= 0.3 is 0 Å². The second-order valence-electron chi connectivity index (χ2n) is 6.48. The van der Waals surface area contributed by atoms with Gasteiger partial charge in [-0.15, -0.1) is 0 Å². The molecule has 0 atom stereocenters. The average Bonchev–Trinajstić information content (AvgIpc) is 2.92. The van der Waals surface area contributed by atoms with E-state index in [2.05, 4.69) is 4.90 Å². The molecule has 1 N–H and O–H groups in total. The molecule has 0 amide bonds. The van der Waals surface area contributed by atoms with Crippen LogP contribution in [0.25, 0.3) is 0 Å². The molecule has 0 aromatic heterocycles. The van der Waals surface area contributed by atoms with Crippen LogP contribution in [0.4, 0.5) is 0 Å². The fraction of sp³-hybridized carbons (Fsp3) is 0.647. The van der Waals surface area contributed by atoms with Crippen molar-refractivity contribution in [1.82, 2.24) is 4.90 Å². The van der Waals surface area contributed by atoms with Crippen LogP contribution in [0, 0.1) is 5.41 Å². The zero-order valence-corrected chi connectivity index (χ0v) is 12.4. The van der Waals surface area contributed by atoms with E-state index in [9.17, 15) is 5.11 Å². The molecule has 0 radical (unpaired) electrons. The maximum absolute atomic E-state index is 10.1. The largest absolute Gasteiger partial charge is 0.507 e. The summed E-state index contributed by atoms with van der Waals surface area (Å²) < 4.78 is 5.13. The molecule has 2 fully saturated rings. The smallest absolute Gasteiger partial charge is 0.123 e. The Morgan fingerprint density at radius 2 is 1.85 bits per heavy atom. The minimum atomic E-state index is 0.352. The minimum Gasteiger partial charge on any atom is -0.507 e. The maximum atomic E-state index is 10.1. The van der Waals surface area contributed by atoms with Crippen molar-refractivity contribution in [3.05, 3.63) is 23.8 Å². The van der Waals surface area contributed by atoms with E-state index in [4.69, 9.17) is 4.74 Å². The van der Waals surface area contributed by atoms with Crippen molar-refractivity contribution in [3.63, 3.8) is 0 Å². The van der Waals surface area contributed by atoms with Crippen LogP contribution in [-0.2, 0) is 6.54 Å². The quantitative estimate of drug-likeness (QED) is 0.915. The SMILES string of the molecule is COc1ccc(CN2CCC3(CCCC3)CC2)c(O)c1. The summed E-state index contributed by atoms with van der Waals surface area (Å²) in [6.07, 6.45) is 8.41. The summed E-state index contributed by atoms with van der Waals surface area (Å²) in [5.41, 5.74) is 1.67. The number of rotatable bonds is 3. The van der Waals surface area contributed by atoms with Crippen molar-refractivity contribution in [2.45, 2.75) is 45.1 Å². The van der Waals surface area contributed by atoms with Crippen LogP contribution in [0.15, 0.2) is 18.2 Å². The van der Waals surface area contributed by atoms with Gasteiger partial charge in [-0.2, -0.15) is 0 Å². The zero-order chi connectivity index (χ0) is 14.0. The van der Waals surface area contributed by atoms with Gasteiger partial charge in [0.2, 0.25) is 0 Å². The number of phenols is 1. The molecule has 3 nitrogen and oxygen atoms in total. The van der Waals surface area contributed by atoms with Crippen LogP contribution in [0.3, 0.4) is 0 Å². The number of nitrogens with zero attached hydrogens (tertiary/aromatic N) is 1. The predicted molar refractivity (Wildman–Crippen MR) is 80.1 cm³/mol. The molecule has 3 rings (SSSR count). The van der Waals surface area contributed by atoms with Gasteiger partial charge in [0.25, 0.3) is 0 Å². The Morgan fingerprint density at radius 1 is 1.15 bits per heavy atom. The Hall–Kier alpha value is -1.22. The third-order valence-electron chi connectivity index (χ3n) is 5.27. The molecular formula is C17H25NO2. The Labute approximate surface area is 121 Å². The molecule has 1 spiro atoms. The second-order valence-corrected chi connectivity index (χ2v) is 6.48. The molecule has 1 aliphatic carbocycles. The third-order valence-corrected chi connectivity index (χ3v) is 5.27. The Morgan fingerprint density at radius 3 is 2.45 bits per heavy atom. The average molecular weight is 275 g/mol. The number of ether oxygens (including phenoxy) is 1. The lowest BCUT2D eigenvalue weighted by molar-refractivity contribution is 0.103. The van der Waals surface area contributed by atoms with Crippen molar-refractivity contribution < 1.29 is 9.84 Å². The number of hydrogen-bond donors (Lipinski definition) is 1. The van der Waals surface area contributed by atoms with Gasteiger partial charge < -0.3 is 9.84 Å². The first-order valence-corrected chi connectivity index (χ1v) is 7.79. The first kappa shape index (κ1) is 13.7. The number of benzene rings is 1. The molecule has 0 bridgehead atoms. The van der Waals surface area contributed by atoms with Crippen LogP contribution < -0.4 is 4.74 Å². The lowest BCUT2D eigenvalue weighted by Crippen LogP contribution is -2.38. The molecule has 1 aliphatic heterocycles. The third kappa shape index (κ3) is 2.78. The molecule has 1 heterocycles. The number of piperidine rings is 1. The van der Waals surface area contributed by atoms with Gasteiger partial charge in [0, 0.05) is 18.2 Å². The van der Waals surface area contributed by atoms with Crippen LogP contribution in [0.5, 0.6) is 11.5 Å². The van der Waals surface area contributed by atoms with Gasteiger partial charge in [0.1, 0.15) is 11.5 Å². The van der Waals surface area contributed by atoms with Crippen LogP contribution in [0.2, 0.25) is 0 Å². The van der Waals surface area contributed by atoms with Crippen LogP contribution in [0.1, 0.15) is 44.1 Å². The molecule has 0 unspecified atom stereocenters. The highest BCUT2D eigenvalue weighted by molar-refractivity contribution is 5.39. The van der Waals surface area contributed by atoms with Crippen molar-refractivity contribution in [1.29, 1.82) is 0 Å². The van der Waals surface area contributed by atoms with Gasteiger partial charge in [-0.25, -0.2) is 0 Å². The first-order chi connectivity index (χ1) is 9.71. The lowest BCUT2D eigenvalue weighted by Gasteiger charge is -2.39. The molecule has 1 aromatic rings. The molecule has 3 heteroatoms. The van der Waals surface area contributed by atoms with Crippen molar-refractivity contribution in [3.8, 4) is 11.5 Å². The van der Waals surface area contributed by atoms with Gasteiger partial charge in [-0.05, 0) is 50.3 Å². The Kier molecular flexibility index (Phi) is 3.88. The van der Waals surface area contributed by atoms with Crippen molar-refractivity contribution >= 4 is 0 Å². The molecule has 20 heavy (non-hydrogen) atoms. The highest BCUT2D eigenvalue weighted by Gasteiger charge is 2.36. The highest BCUT2D eigenvalue weighted by atomic mass is 16.5. The van der Waals surface area contributed by atoms with E-state index in [0.717, 1.165) is 17.9 Å². The van der Waals surface area contributed by atoms with E-state index in [1.807, 2.05) is 12.1 Å². The Bertz CT molecular complexity index is 456. The maximum Gasteiger partial charge on any atom is 0.123 e. The fourth-order valence-corrected chi connectivity index (χ4v) is 3.86. The van der Waals surface area contributed by atoms with E-state index in [1.54, 1.807) is 13.2 Å². The van der Waals surface area contributed by atoms with Gasteiger partial charge in [-0.1, -0.05) is 18.9 Å². The number of phenolic OH excluding ortho intramolecular Hbond substituents is 1. The molecular weight excluding hydrogens is 250 g/mol. The zero-order valence-electron chi connectivity index (χ0n) is 12.4. The Balaban J connectivity index is 1.59. The number of aromatic hydroxyl groups is 1. The summed E-state index contributed by atoms with van der Waals surface area (Å²) >= 11 is 0. The van der Waals surface area contributed by atoms with Crippen LogP contribution >= 0.6 is 0 Å². The molecule has 110 valence electrons. The summed E-state index contributed by atoms with van der Waals surface area (Å²) in [7, 11) is 1.63. The second kappa shape index (κ2) is 5.65. The first-order valence-electron chi connectivity index (χ1n) is 7.79. The standard InChI is InChI=1S/C17H25NO2/c1-20-15-5-4-14(16(19)12-15)13-18-10-8-17(9-11-18)6-2-3-7-17/h4-5,12,19H,2-3,6-11,13H2,1H3. The van der Waals surface area contributed by atoms with Gasteiger partial charge in [-0.3, -0.25) is 4.90 Å². The predicted octanol–water partition coefficient (Wildman–Crippen LogP) is 3.56. The molecule has 1 aromatic carbocycles. The summed E-state index contributed by atoms with van der Waals surface area (Å²) in [5.74, 6) is 1.07. The van der Waals surface area contributed by atoms with E-state index >= 15 is 0 Å². The van der Waals surface area contributed by atoms with Crippen molar-refractivity contribution in [2.24, 2.45) is 5.41 Å². The number of methoxy groups -OCH3 is 1. The van der Waals surface area contributed by atoms with Crippen molar-refractivity contribution in [2.75, 3.05) is 20.2 Å². The number of likely N-dealkylation sites (tertiary alicyclic amines) is 1. The van der Waals surface area contributed by atoms with Gasteiger partial charge in [0.15, 0.2) is 0 Å². The summed E-state index contributed by atoms with van der Waals surface area (Å²) in [6, 6.07) is 5.61. The fourth-order valence-electron chi connectivity index (χ4n) is 3.86. The summed E-state index contributed by atoms with van der Waals surface area (Å²) in [5, 5.41) is 10.1. The van der Waals surface area contributed by atoms with E-state index in [0.29, 0.717) is 11.2 Å². The van der Waals surface area contributed by atoms with E-state index in [-0.39, 0.29) is 0 Å². The number of hydrogen-bond acceptors (Lipinski definition) is 3. The van der Waals surface area contributed by atoms with Crippen LogP contribution in [-0.4, -0.2) is 30.2 Å². The summed E-state index contributed by atoms with van der Waals surface area (Å²) in [6.45, 7) is 3.20. The van der Waals surface area contributed by atoms with E-state index < -0.39 is 0 Å². The lowest BCUT2D eigenvalue weighted by atomic mass is 9.77. The monoisotopic (exact) mass is 275 g/mol. The minimum absolute atomic E-state index is 0.352. The summed E-state index contributed by atoms with van der Waals surface area (Å²) in [4.78, 5) is 2.48. The molecule has 1 saturated heterocycles. The molecule has 2 aliphatic rings. The van der Waals surface area contributed by atoms with Gasteiger partial charge in [0.05, 0.1) is 7.11 Å². The normalized spacial score (nSPS) is 22.2. The molecule has 1 saturated carbocycles. The highest BCUT2D eigenvalue weighted by Crippen LogP contribution is 2.46.